The first-order valence-corrected chi connectivity index (χ1v) is 21.6. The summed E-state index contributed by atoms with van der Waals surface area (Å²) in [4.78, 5) is 25.8. The number of benzene rings is 3. The molecule has 9 atom stereocenters. The monoisotopic (exact) mass is 787 g/mol. The van der Waals surface area contributed by atoms with E-state index in [0.717, 1.165) is 84.8 Å². The minimum atomic E-state index is -1.91. The zero-order valence-electron chi connectivity index (χ0n) is 33.5. The molecule has 8 nitrogen and oxygen atoms in total. The Bertz CT molecular complexity index is 2090. The van der Waals surface area contributed by atoms with Gasteiger partial charge in [-0.2, -0.15) is 0 Å². The molecule has 4 aliphatic rings. The molecular formula is C50H61NO7. The predicted octanol–water partition coefficient (Wildman–Crippen LogP) is 7.19. The van der Waals surface area contributed by atoms with Gasteiger partial charge in [-0.1, -0.05) is 110 Å². The van der Waals surface area contributed by atoms with E-state index in [1.54, 1.807) is 18.2 Å². The lowest BCUT2D eigenvalue weighted by Gasteiger charge is -2.50. The first-order chi connectivity index (χ1) is 28.1. The van der Waals surface area contributed by atoms with Crippen molar-refractivity contribution in [3.8, 4) is 5.75 Å². The summed E-state index contributed by atoms with van der Waals surface area (Å²) in [5, 5.41) is 57.0. The number of nitrogens with two attached hydrogens (primary N) is 1. The van der Waals surface area contributed by atoms with Gasteiger partial charge in [0.05, 0.1) is 5.92 Å². The van der Waals surface area contributed by atoms with Crippen molar-refractivity contribution in [2.75, 3.05) is 6.54 Å². The lowest BCUT2D eigenvalue weighted by atomic mass is 9.53. The van der Waals surface area contributed by atoms with Crippen LogP contribution in [0, 0.1) is 41.4 Å². The van der Waals surface area contributed by atoms with Crippen molar-refractivity contribution in [1.29, 1.82) is 0 Å². The van der Waals surface area contributed by atoms with Crippen LogP contribution in [-0.4, -0.2) is 50.6 Å². The van der Waals surface area contributed by atoms with Gasteiger partial charge >= 0.3 is 5.97 Å². The standard InChI is InChI=1S/C50H61NO7/c51-25-23-32-16-17-36(26-32)39(31-52)11-3-1-2-9-34-12-7-15-43(48(55)56)46(49(57)58)50(24-22-38-29-37-10-4-5-14-42(37)47(54)45(38)30-50)40-13-6-8-33(27-40)28-44(34)35-18-20-41(53)21-19-35/h4-8,10,13-15,18-21,26-27,29,31,34,36,38-39,43-46,48,53-56H,1-3,9,11-12,16-17,22-25,28,30,51H2,(H,57,58). The number of hydrogen-bond donors (Lipinski definition) is 6. The lowest BCUT2D eigenvalue weighted by molar-refractivity contribution is -0.158. The summed E-state index contributed by atoms with van der Waals surface area (Å²) < 4.78 is 0. The molecule has 308 valence electrons. The van der Waals surface area contributed by atoms with Gasteiger partial charge in [-0.25, -0.2) is 0 Å². The van der Waals surface area contributed by atoms with Gasteiger partial charge in [0.15, 0.2) is 6.29 Å². The van der Waals surface area contributed by atoms with Crippen LogP contribution in [0.2, 0.25) is 0 Å². The van der Waals surface area contributed by atoms with E-state index in [4.69, 9.17) is 5.73 Å². The molecule has 0 aromatic heterocycles. The first-order valence-electron chi connectivity index (χ1n) is 21.6. The highest BCUT2D eigenvalue weighted by Gasteiger charge is 2.54. The Labute approximate surface area is 342 Å². The molecule has 0 saturated heterocycles. The molecule has 0 aliphatic heterocycles. The number of carboxylic acid groups (broad SMARTS) is 1. The van der Waals surface area contributed by atoms with Crippen molar-refractivity contribution >= 4 is 24.1 Å². The maximum Gasteiger partial charge on any atom is 0.308 e. The predicted molar refractivity (Wildman–Crippen MR) is 227 cm³/mol. The SMILES string of the molecule is NCCC1=CC(C(C=O)CCCCCC2CC=CC(C(O)O)C(C(=O)O)C3(CCC4C=c5ccccc5=C(O)C4C3)c3cccc(c3)CC2c2ccc(O)cc2)CC1. The summed E-state index contributed by atoms with van der Waals surface area (Å²) in [6.45, 7) is 0.638. The Kier molecular flexibility index (Phi) is 13.4. The number of aromatic hydroxyl groups is 1. The molecule has 4 aliphatic carbocycles. The normalized spacial score (nSPS) is 28.7. The van der Waals surface area contributed by atoms with Gasteiger partial charge in [0, 0.05) is 28.4 Å². The molecule has 9 unspecified atom stereocenters. The number of phenols is 1. The highest BCUT2D eigenvalue weighted by atomic mass is 16.5. The molecule has 7 rings (SSSR count). The molecule has 3 aromatic carbocycles. The summed E-state index contributed by atoms with van der Waals surface area (Å²) in [6.07, 6.45) is 17.8. The Morgan fingerprint density at radius 3 is 2.50 bits per heavy atom. The minimum absolute atomic E-state index is 0.0212. The summed E-state index contributed by atoms with van der Waals surface area (Å²) in [5.41, 5.74) is 9.18. The summed E-state index contributed by atoms with van der Waals surface area (Å²) in [5.74, 6) is -2.64. The summed E-state index contributed by atoms with van der Waals surface area (Å²) in [6, 6.07) is 23.5. The Morgan fingerprint density at radius 2 is 1.74 bits per heavy atom. The van der Waals surface area contributed by atoms with Crippen LogP contribution in [0.25, 0.3) is 11.8 Å². The van der Waals surface area contributed by atoms with Gasteiger partial charge in [0.25, 0.3) is 0 Å². The molecule has 0 amide bonds. The lowest BCUT2D eigenvalue weighted by Crippen LogP contribution is -2.52. The fraction of sp³-hybridized carbons (Fsp3) is 0.480. The van der Waals surface area contributed by atoms with Crippen molar-refractivity contribution in [2.45, 2.75) is 101 Å². The molecule has 8 heteroatoms. The number of fused-ring (bicyclic) bond motifs is 5. The third kappa shape index (κ3) is 8.90. The number of allylic oxidation sites excluding steroid dienone is 2. The van der Waals surface area contributed by atoms with E-state index < -0.39 is 29.5 Å². The quantitative estimate of drug-likeness (QED) is 0.0460. The number of phenolic OH excluding ortho intramolecular Hbond substituents is 1. The van der Waals surface area contributed by atoms with Crippen molar-refractivity contribution < 1.29 is 35.1 Å². The largest absolute Gasteiger partial charge is 0.511 e. The van der Waals surface area contributed by atoms with Gasteiger partial charge in [-0.3, -0.25) is 4.79 Å². The van der Waals surface area contributed by atoms with E-state index in [1.165, 1.54) is 5.57 Å². The van der Waals surface area contributed by atoms with Gasteiger partial charge in [0.2, 0.25) is 0 Å². The number of aliphatic hydroxyl groups is 3. The van der Waals surface area contributed by atoms with E-state index >= 15 is 0 Å². The van der Waals surface area contributed by atoms with Gasteiger partial charge in [-0.05, 0) is 128 Å². The fourth-order valence-electron chi connectivity index (χ4n) is 11.3. The van der Waals surface area contributed by atoms with Crippen LogP contribution >= 0.6 is 0 Å². The number of carboxylic acids is 1. The maximum absolute atomic E-state index is 13.6. The van der Waals surface area contributed by atoms with Crippen LogP contribution in [0.5, 0.6) is 5.75 Å². The van der Waals surface area contributed by atoms with Crippen LogP contribution in [0.15, 0.2) is 96.6 Å². The summed E-state index contributed by atoms with van der Waals surface area (Å²) >= 11 is 0. The molecule has 58 heavy (non-hydrogen) atoms. The van der Waals surface area contributed by atoms with E-state index in [1.807, 2.05) is 54.6 Å². The number of unbranched alkanes of at least 4 members (excludes halogenated alkanes) is 2. The average molecular weight is 788 g/mol. The van der Waals surface area contributed by atoms with Crippen molar-refractivity contribution in [3.63, 3.8) is 0 Å². The van der Waals surface area contributed by atoms with Crippen molar-refractivity contribution in [3.05, 3.63) is 124 Å². The number of rotatable bonds is 13. The molecule has 2 bridgehead atoms. The van der Waals surface area contributed by atoms with E-state index in [2.05, 4.69) is 24.3 Å². The number of carbonyl (C=O) groups is 2. The second-order valence-corrected chi connectivity index (χ2v) is 17.6. The first kappa shape index (κ1) is 41.7. The van der Waals surface area contributed by atoms with Crippen LogP contribution in [0.1, 0.15) is 99.7 Å². The summed E-state index contributed by atoms with van der Waals surface area (Å²) in [7, 11) is 0. The van der Waals surface area contributed by atoms with Crippen LogP contribution in [-0.2, 0) is 21.4 Å². The number of hydrogen-bond acceptors (Lipinski definition) is 7. The fourth-order valence-corrected chi connectivity index (χ4v) is 11.3. The van der Waals surface area contributed by atoms with E-state index in [9.17, 15) is 35.1 Å². The highest BCUT2D eigenvalue weighted by molar-refractivity contribution is 5.74. The Morgan fingerprint density at radius 1 is 0.931 bits per heavy atom. The Balaban J connectivity index is 1.20. The third-order valence-electron chi connectivity index (χ3n) is 14.3. The second kappa shape index (κ2) is 18.6. The number of carbonyl (C=O) groups excluding carboxylic acids is 1. The van der Waals surface area contributed by atoms with E-state index in [0.29, 0.717) is 44.6 Å². The molecule has 0 heterocycles. The topological polar surface area (TPSA) is 161 Å². The molecule has 1 spiro atoms. The van der Waals surface area contributed by atoms with Gasteiger partial charge in [-0.15, -0.1) is 0 Å². The van der Waals surface area contributed by atoms with E-state index in [-0.39, 0.29) is 41.1 Å². The molecule has 0 radical (unpaired) electrons. The van der Waals surface area contributed by atoms with Gasteiger partial charge < -0.3 is 36.1 Å². The van der Waals surface area contributed by atoms with Crippen LogP contribution in [0.4, 0.5) is 0 Å². The maximum atomic E-state index is 13.6. The number of aliphatic carboxylic acids is 1. The van der Waals surface area contributed by atoms with Gasteiger partial charge in [0.1, 0.15) is 17.8 Å². The Hall–Kier alpha value is -4.50. The average Bonchev–Trinajstić information content (AvgIpc) is 3.69. The number of aldehydes is 1. The third-order valence-corrected chi connectivity index (χ3v) is 14.3. The molecule has 3 aromatic rings. The zero-order valence-corrected chi connectivity index (χ0v) is 33.5. The minimum Gasteiger partial charge on any atom is -0.511 e. The number of aliphatic hydroxyl groups excluding tert-OH is 2. The highest BCUT2D eigenvalue weighted by Crippen LogP contribution is 2.54. The molecule has 7 N–H and O–H groups in total. The zero-order chi connectivity index (χ0) is 40.8. The molecule has 1 saturated carbocycles. The molecular weight excluding hydrogens is 727 g/mol. The van der Waals surface area contributed by atoms with Crippen LogP contribution < -0.4 is 16.2 Å². The van der Waals surface area contributed by atoms with Crippen LogP contribution in [0.3, 0.4) is 0 Å². The smallest absolute Gasteiger partial charge is 0.308 e. The van der Waals surface area contributed by atoms with Crippen molar-refractivity contribution in [1.82, 2.24) is 0 Å². The molecule has 1 fully saturated rings. The van der Waals surface area contributed by atoms with Crippen molar-refractivity contribution in [2.24, 2.45) is 47.2 Å². The second-order valence-electron chi connectivity index (χ2n) is 17.6.